The molecule has 2 aliphatic heterocycles. The summed E-state index contributed by atoms with van der Waals surface area (Å²) < 4.78 is 2.08. The van der Waals surface area contributed by atoms with Crippen molar-refractivity contribution in [3.63, 3.8) is 0 Å². The highest BCUT2D eigenvalue weighted by Gasteiger charge is 2.30. The van der Waals surface area contributed by atoms with E-state index in [0.29, 0.717) is 18.2 Å². The van der Waals surface area contributed by atoms with E-state index < -0.39 is 0 Å². The van der Waals surface area contributed by atoms with Crippen LogP contribution < -0.4 is 0 Å². The number of amides is 1. The minimum absolute atomic E-state index is 0.207. The van der Waals surface area contributed by atoms with Crippen molar-refractivity contribution >= 4 is 11.7 Å². The molecule has 162 valence electrons. The first-order chi connectivity index (χ1) is 14.0. The lowest BCUT2D eigenvalue weighted by Crippen LogP contribution is -2.46. The maximum absolute atomic E-state index is 13.0. The number of hydrogen-bond acceptors (Lipinski definition) is 4. The van der Waals surface area contributed by atoms with Gasteiger partial charge in [-0.1, -0.05) is 6.92 Å². The summed E-state index contributed by atoms with van der Waals surface area (Å²) in [5, 5.41) is 4.47. The van der Waals surface area contributed by atoms with E-state index in [9.17, 15) is 9.59 Å². The molecular formula is C23H38N4O2. The van der Waals surface area contributed by atoms with Crippen LogP contribution in [0.5, 0.6) is 0 Å². The number of carbonyl (C=O) groups is 2. The van der Waals surface area contributed by atoms with Crippen molar-refractivity contribution in [1.29, 1.82) is 0 Å². The molecule has 2 saturated heterocycles. The Morgan fingerprint density at radius 1 is 1.07 bits per heavy atom. The molecule has 1 aromatic heterocycles. The van der Waals surface area contributed by atoms with Gasteiger partial charge in [-0.25, -0.2) is 0 Å². The third-order valence-electron chi connectivity index (χ3n) is 6.66. The van der Waals surface area contributed by atoms with Gasteiger partial charge in [-0.05, 0) is 83.0 Å². The predicted octanol–water partition coefficient (Wildman–Crippen LogP) is 3.16. The number of aromatic nitrogens is 2. The molecule has 2 fully saturated rings. The summed E-state index contributed by atoms with van der Waals surface area (Å²) in [6.07, 6.45) is 12.1. The number of rotatable bonds is 9. The molecular weight excluding hydrogens is 364 g/mol. The standard InChI is InChI=1S/C23H38N4O2/c1-3-20-16-24-27(17-20)18-21-7-14-26(15-8-21)23(29)22-9-12-25(13-10-22)11-5-4-6-19(2)28/h16-17,21-22H,3-15,18H2,1-2H3. The smallest absolute Gasteiger partial charge is 0.225 e. The first kappa shape index (κ1) is 22.0. The second kappa shape index (κ2) is 10.9. The zero-order valence-corrected chi connectivity index (χ0v) is 18.3. The quantitative estimate of drug-likeness (QED) is 0.596. The van der Waals surface area contributed by atoms with E-state index in [1.165, 1.54) is 5.56 Å². The van der Waals surface area contributed by atoms with Gasteiger partial charge < -0.3 is 14.6 Å². The molecule has 0 aromatic carbocycles. The number of piperidine rings is 2. The molecule has 6 heteroatoms. The topological polar surface area (TPSA) is 58.4 Å². The van der Waals surface area contributed by atoms with Crippen molar-refractivity contribution < 1.29 is 9.59 Å². The lowest BCUT2D eigenvalue weighted by Gasteiger charge is -2.37. The Hall–Kier alpha value is -1.69. The van der Waals surface area contributed by atoms with Crippen LogP contribution in [0.2, 0.25) is 0 Å². The molecule has 6 nitrogen and oxygen atoms in total. The van der Waals surface area contributed by atoms with Crippen molar-refractivity contribution in [2.24, 2.45) is 11.8 Å². The first-order valence-electron chi connectivity index (χ1n) is 11.6. The average Bonchev–Trinajstić information content (AvgIpc) is 3.19. The number of ketones is 1. The molecule has 0 radical (unpaired) electrons. The molecule has 0 bridgehead atoms. The van der Waals surface area contributed by atoms with E-state index in [1.54, 1.807) is 6.92 Å². The summed E-state index contributed by atoms with van der Waals surface area (Å²) >= 11 is 0. The maximum atomic E-state index is 13.0. The van der Waals surface area contributed by atoms with Gasteiger partial charge in [0.05, 0.1) is 6.20 Å². The van der Waals surface area contributed by atoms with Gasteiger partial charge in [-0.3, -0.25) is 9.48 Å². The predicted molar refractivity (Wildman–Crippen MR) is 115 cm³/mol. The van der Waals surface area contributed by atoms with Gasteiger partial charge in [0.2, 0.25) is 5.91 Å². The number of carbonyl (C=O) groups excluding carboxylic acids is 2. The Morgan fingerprint density at radius 2 is 1.79 bits per heavy atom. The third-order valence-corrected chi connectivity index (χ3v) is 6.66. The Kier molecular flexibility index (Phi) is 8.28. The molecule has 3 heterocycles. The summed E-state index contributed by atoms with van der Waals surface area (Å²) in [7, 11) is 0. The van der Waals surface area contributed by atoms with Crippen molar-refractivity contribution in [2.75, 3.05) is 32.7 Å². The molecule has 1 amide bonds. The fraction of sp³-hybridized carbons (Fsp3) is 0.783. The molecule has 0 atom stereocenters. The highest BCUT2D eigenvalue weighted by Crippen LogP contribution is 2.25. The normalized spacial score (nSPS) is 19.6. The number of hydrogen-bond donors (Lipinski definition) is 0. The monoisotopic (exact) mass is 402 g/mol. The van der Waals surface area contributed by atoms with E-state index in [2.05, 4.69) is 32.7 Å². The summed E-state index contributed by atoms with van der Waals surface area (Å²) in [6.45, 7) is 9.70. The van der Waals surface area contributed by atoms with Crippen LogP contribution in [-0.4, -0.2) is 64.0 Å². The van der Waals surface area contributed by atoms with E-state index in [1.807, 2.05) is 6.20 Å². The zero-order chi connectivity index (χ0) is 20.6. The van der Waals surface area contributed by atoms with Crippen LogP contribution in [0.1, 0.15) is 64.4 Å². The lowest BCUT2D eigenvalue weighted by atomic mass is 9.92. The minimum Gasteiger partial charge on any atom is -0.342 e. The molecule has 0 N–H and O–H groups in total. The van der Waals surface area contributed by atoms with Crippen molar-refractivity contribution in [3.05, 3.63) is 18.0 Å². The van der Waals surface area contributed by atoms with E-state index >= 15 is 0 Å². The summed E-state index contributed by atoms with van der Waals surface area (Å²) in [5.74, 6) is 1.50. The number of Topliss-reactive ketones (excluding diaryl/α,β-unsaturated/α-hetero) is 1. The van der Waals surface area contributed by atoms with E-state index in [4.69, 9.17) is 0 Å². The van der Waals surface area contributed by atoms with Gasteiger partial charge in [0.1, 0.15) is 5.78 Å². The van der Waals surface area contributed by atoms with Crippen molar-refractivity contribution in [1.82, 2.24) is 19.6 Å². The number of unbranched alkanes of at least 4 members (excludes halogenated alkanes) is 1. The van der Waals surface area contributed by atoms with E-state index in [-0.39, 0.29) is 11.7 Å². The molecule has 0 spiro atoms. The molecule has 0 saturated carbocycles. The fourth-order valence-corrected chi connectivity index (χ4v) is 4.66. The van der Waals surface area contributed by atoms with Crippen LogP contribution in [0.15, 0.2) is 12.4 Å². The van der Waals surface area contributed by atoms with Crippen LogP contribution >= 0.6 is 0 Å². The summed E-state index contributed by atoms with van der Waals surface area (Å²) in [6, 6.07) is 0. The Labute approximate surface area is 175 Å². The van der Waals surface area contributed by atoms with Gasteiger partial charge in [-0.2, -0.15) is 5.10 Å². The van der Waals surface area contributed by atoms with Gasteiger partial charge in [0.15, 0.2) is 0 Å². The fourth-order valence-electron chi connectivity index (χ4n) is 4.66. The van der Waals surface area contributed by atoms with Crippen molar-refractivity contribution in [3.8, 4) is 0 Å². The molecule has 0 unspecified atom stereocenters. The van der Waals surface area contributed by atoms with Gasteiger partial charge in [-0.15, -0.1) is 0 Å². The molecule has 2 aliphatic rings. The van der Waals surface area contributed by atoms with Crippen molar-refractivity contribution in [2.45, 2.75) is 71.8 Å². The lowest BCUT2D eigenvalue weighted by molar-refractivity contribution is -0.138. The molecule has 3 rings (SSSR count). The SMILES string of the molecule is CCc1cnn(CC2CCN(C(=O)C3CCN(CCCCC(C)=O)CC3)CC2)c1. The van der Waals surface area contributed by atoms with Gasteiger partial charge >= 0.3 is 0 Å². The zero-order valence-electron chi connectivity index (χ0n) is 18.3. The Balaban J connectivity index is 1.34. The first-order valence-corrected chi connectivity index (χ1v) is 11.6. The summed E-state index contributed by atoms with van der Waals surface area (Å²) in [4.78, 5) is 28.6. The van der Waals surface area contributed by atoms with Crippen LogP contribution in [0.4, 0.5) is 0 Å². The molecule has 1 aromatic rings. The van der Waals surface area contributed by atoms with Gasteiger partial charge in [0.25, 0.3) is 0 Å². The minimum atomic E-state index is 0.207. The molecule has 0 aliphatic carbocycles. The summed E-state index contributed by atoms with van der Waals surface area (Å²) in [5.41, 5.74) is 1.29. The Bertz CT molecular complexity index is 656. The Morgan fingerprint density at radius 3 is 2.41 bits per heavy atom. The largest absolute Gasteiger partial charge is 0.342 e. The van der Waals surface area contributed by atoms with Crippen LogP contribution in [0, 0.1) is 11.8 Å². The van der Waals surface area contributed by atoms with E-state index in [0.717, 1.165) is 84.2 Å². The second-order valence-electron chi connectivity index (χ2n) is 8.97. The molecule has 29 heavy (non-hydrogen) atoms. The third kappa shape index (κ3) is 6.66. The van der Waals surface area contributed by atoms with Crippen LogP contribution in [0.3, 0.4) is 0 Å². The van der Waals surface area contributed by atoms with Crippen LogP contribution in [-0.2, 0) is 22.6 Å². The second-order valence-corrected chi connectivity index (χ2v) is 8.97. The highest BCUT2D eigenvalue weighted by molar-refractivity contribution is 5.79. The average molecular weight is 403 g/mol. The highest BCUT2D eigenvalue weighted by atomic mass is 16.2. The number of aryl methyl sites for hydroxylation is 1. The number of nitrogens with zero attached hydrogens (tertiary/aromatic N) is 4. The number of likely N-dealkylation sites (tertiary alicyclic amines) is 2. The van der Waals surface area contributed by atoms with Gasteiger partial charge in [0, 0.05) is 38.2 Å². The maximum Gasteiger partial charge on any atom is 0.225 e. The van der Waals surface area contributed by atoms with Crippen LogP contribution in [0.25, 0.3) is 0 Å².